The van der Waals surface area contributed by atoms with Gasteiger partial charge in [-0.1, -0.05) is 42.5 Å². The van der Waals surface area contributed by atoms with Crippen molar-refractivity contribution in [2.75, 3.05) is 13.1 Å². The summed E-state index contributed by atoms with van der Waals surface area (Å²) in [5.74, 6) is 0.0194. The average molecular weight is 319 g/mol. The van der Waals surface area contributed by atoms with E-state index < -0.39 is 0 Å². The topological polar surface area (TPSA) is 59.2 Å². The molecule has 3 rings (SSSR count). The van der Waals surface area contributed by atoms with E-state index in [1.807, 2.05) is 65.6 Å². The standard InChI is InChI=1S/C20H21N3O/c21-12-6-14-23(15-16-7-2-1-3-8-16)20(24)18-9-4-11-19-17(18)10-5-13-22-19/h1-5,7-11,13H,6,12,14-15,21H2. The zero-order chi connectivity index (χ0) is 16.8. The molecule has 0 saturated heterocycles. The van der Waals surface area contributed by atoms with Crippen LogP contribution in [0, 0.1) is 0 Å². The SMILES string of the molecule is NCCCN(Cc1ccccc1)C(=O)c1cccc2ncccc12. The Morgan fingerprint density at radius 1 is 1.00 bits per heavy atom. The fourth-order valence-corrected chi connectivity index (χ4v) is 2.80. The highest BCUT2D eigenvalue weighted by Crippen LogP contribution is 2.19. The van der Waals surface area contributed by atoms with Crippen LogP contribution in [0.4, 0.5) is 0 Å². The molecule has 1 amide bonds. The lowest BCUT2D eigenvalue weighted by Crippen LogP contribution is -2.32. The van der Waals surface area contributed by atoms with E-state index in [4.69, 9.17) is 5.73 Å². The Balaban J connectivity index is 1.92. The lowest BCUT2D eigenvalue weighted by atomic mass is 10.1. The minimum Gasteiger partial charge on any atom is -0.334 e. The fourth-order valence-electron chi connectivity index (χ4n) is 2.80. The van der Waals surface area contributed by atoms with E-state index in [-0.39, 0.29) is 5.91 Å². The third-order valence-corrected chi connectivity index (χ3v) is 4.01. The number of nitrogens with zero attached hydrogens (tertiary/aromatic N) is 2. The van der Waals surface area contributed by atoms with Crippen molar-refractivity contribution in [3.63, 3.8) is 0 Å². The van der Waals surface area contributed by atoms with E-state index >= 15 is 0 Å². The molecule has 0 spiro atoms. The van der Waals surface area contributed by atoms with Gasteiger partial charge in [-0.25, -0.2) is 0 Å². The van der Waals surface area contributed by atoms with Crippen molar-refractivity contribution in [1.82, 2.24) is 9.88 Å². The molecule has 0 fully saturated rings. The van der Waals surface area contributed by atoms with E-state index in [0.717, 1.165) is 22.9 Å². The third-order valence-electron chi connectivity index (χ3n) is 4.01. The van der Waals surface area contributed by atoms with Gasteiger partial charge in [0.15, 0.2) is 0 Å². The maximum Gasteiger partial charge on any atom is 0.254 e. The van der Waals surface area contributed by atoms with E-state index in [1.165, 1.54) is 0 Å². The molecule has 3 aromatic rings. The Bertz CT molecular complexity index is 812. The Morgan fingerprint density at radius 2 is 1.83 bits per heavy atom. The van der Waals surface area contributed by atoms with Crippen LogP contribution in [-0.4, -0.2) is 28.9 Å². The lowest BCUT2D eigenvalue weighted by molar-refractivity contribution is 0.0744. The molecule has 24 heavy (non-hydrogen) atoms. The number of aromatic nitrogens is 1. The number of nitrogens with two attached hydrogens (primary N) is 1. The van der Waals surface area contributed by atoms with Crippen LogP contribution in [0.25, 0.3) is 10.9 Å². The maximum atomic E-state index is 13.1. The van der Waals surface area contributed by atoms with Crippen molar-refractivity contribution in [3.8, 4) is 0 Å². The average Bonchev–Trinajstić information content (AvgIpc) is 2.65. The van der Waals surface area contributed by atoms with Crippen LogP contribution in [0.5, 0.6) is 0 Å². The molecule has 0 aliphatic carbocycles. The first-order valence-electron chi connectivity index (χ1n) is 8.16. The first kappa shape index (κ1) is 16.1. The molecule has 1 heterocycles. The zero-order valence-corrected chi connectivity index (χ0v) is 13.6. The number of rotatable bonds is 6. The van der Waals surface area contributed by atoms with Crippen LogP contribution in [0.2, 0.25) is 0 Å². The fraction of sp³-hybridized carbons (Fsp3) is 0.200. The van der Waals surface area contributed by atoms with Crippen LogP contribution in [0.15, 0.2) is 66.9 Å². The molecule has 0 aliphatic rings. The van der Waals surface area contributed by atoms with Crippen molar-refractivity contribution in [1.29, 1.82) is 0 Å². The molecule has 1 aromatic heterocycles. The van der Waals surface area contributed by atoms with Crippen LogP contribution in [0.1, 0.15) is 22.3 Å². The van der Waals surface area contributed by atoms with Gasteiger partial charge in [-0.2, -0.15) is 0 Å². The molecule has 0 bridgehead atoms. The molecule has 122 valence electrons. The normalized spacial score (nSPS) is 10.7. The predicted octanol–water partition coefficient (Wildman–Crippen LogP) is 3.23. The first-order chi connectivity index (χ1) is 11.8. The highest BCUT2D eigenvalue weighted by Gasteiger charge is 2.18. The van der Waals surface area contributed by atoms with Crippen molar-refractivity contribution in [3.05, 3.63) is 78.0 Å². The quantitative estimate of drug-likeness (QED) is 0.759. The highest BCUT2D eigenvalue weighted by atomic mass is 16.2. The maximum absolute atomic E-state index is 13.1. The van der Waals surface area contributed by atoms with E-state index in [2.05, 4.69) is 4.98 Å². The number of carbonyl (C=O) groups excluding carboxylic acids is 1. The molecule has 0 saturated carbocycles. The summed E-state index contributed by atoms with van der Waals surface area (Å²) in [5, 5.41) is 0.885. The summed E-state index contributed by atoms with van der Waals surface area (Å²) < 4.78 is 0. The number of amides is 1. The lowest BCUT2D eigenvalue weighted by Gasteiger charge is -2.23. The Labute approximate surface area is 141 Å². The van der Waals surface area contributed by atoms with Crippen LogP contribution in [0.3, 0.4) is 0 Å². The van der Waals surface area contributed by atoms with Crippen molar-refractivity contribution in [2.24, 2.45) is 5.73 Å². The Morgan fingerprint density at radius 3 is 2.62 bits per heavy atom. The van der Waals surface area contributed by atoms with Gasteiger partial charge in [0.25, 0.3) is 5.91 Å². The smallest absolute Gasteiger partial charge is 0.254 e. The highest BCUT2D eigenvalue weighted by molar-refractivity contribution is 6.06. The van der Waals surface area contributed by atoms with Crippen molar-refractivity contribution < 1.29 is 4.79 Å². The van der Waals surface area contributed by atoms with Crippen molar-refractivity contribution in [2.45, 2.75) is 13.0 Å². The van der Waals surface area contributed by atoms with E-state index in [9.17, 15) is 4.79 Å². The molecule has 4 heteroatoms. The second-order valence-corrected chi connectivity index (χ2v) is 5.73. The second kappa shape index (κ2) is 7.70. The third kappa shape index (κ3) is 3.60. The minimum absolute atomic E-state index is 0.0194. The van der Waals surface area contributed by atoms with Gasteiger partial charge < -0.3 is 10.6 Å². The molecule has 0 radical (unpaired) electrons. The van der Waals surface area contributed by atoms with Gasteiger partial charge in [0, 0.05) is 30.2 Å². The summed E-state index contributed by atoms with van der Waals surface area (Å²) >= 11 is 0. The first-order valence-corrected chi connectivity index (χ1v) is 8.16. The van der Waals surface area contributed by atoms with Crippen LogP contribution >= 0.6 is 0 Å². The number of carbonyl (C=O) groups is 1. The molecular formula is C20H21N3O. The Hall–Kier alpha value is -2.72. The van der Waals surface area contributed by atoms with Crippen LogP contribution < -0.4 is 5.73 Å². The summed E-state index contributed by atoms with van der Waals surface area (Å²) in [6, 6.07) is 19.5. The second-order valence-electron chi connectivity index (χ2n) is 5.73. The summed E-state index contributed by atoms with van der Waals surface area (Å²) in [5.41, 5.74) is 8.29. The number of hydrogen-bond acceptors (Lipinski definition) is 3. The molecule has 2 aromatic carbocycles. The molecule has 0 unspecified atom stereocenters. The molecular weight excluding hydrogens is 298 g/mol. The van der Waals surface area contributed by atoms with Gasteiger partial charge >= 0.3 is 0 Å². The molecule has 0 atom stereocenters. The summed E-state index contributed by atoms with van der Waals surface area (Å²) in [6.45, 7) is 1.78. The van der Waals surface area contributed by atoms with Gasteiger partial charge in [-0.3, -0.25) is 9.78 Å². The van der Waals surface area contributed by atoms with Gasteiger partial charge in [0.2, 0.25) is 0 Å². The van der Waals surface area contributed by atoms with Crippen molar-refractivity contribution >= 4 is 16.8 Å². The predicted molar refractivity (Wildman–Crippen MR) is 96.6 cm³/mol. The summed E-state index contributed by atoms with van der Waals surface area (Å²) in [6.07, 6.45) is 2.52. The largest absolute Gasteiger partial charge is 0.334 e. The number of hydrogen-bond donors (Lipinski definition) is 1. The number of pyridine rings is 1. The van der Waals surface area contributed by atoms with Gasteiger partial charge in [0.05, 0.1) is 5.52 Å². The Kier molecular flexibility index (Phi) is 5.18. The molecule has 0 aliphatic heterocycles. The molecule has 4 nitrogen and oxygen atoms in total. The van der Waals surface area contributed by atoms with Gasteiger partial charge in [-0.15, -0.1) is 0 Å². The van der Waals surface area contributed by atoms with Gasteiger partial charge in [0.1, 0.15) is 0 Å². The van der Waals surface area contributed by atoms with E-state index in [1.54, 1.807) is 6.20 Å². The summed E-state index contributed by atoms with van der Waals surface area (Å²) in [7, 11) is 0. The number of fused-ring (bicyclic) bond motifs is 1. The van der Waals surface area contributed by atoms with Crippen LogP contribution in [-0.2, 0) is 6.54 Å². The monoisotopic (exact) mass is 319 g/mol. The molecule has 2 N–H and O–H groups in total. The van der Waals surface area contributed by atoms with Gasteiger partial charge in [-0.05, 0) is 36.7 Å². The minimum atomic E-state index is 0.0194. The number of benzene rings is 2. The summed E-state index contributed by atoms with van der Waals surface area (Å²) in [4.78, 5) is 19.3. The van der Waals surface area contributed by atoms with E-state index in [0.29, 0.717) is 25.2 Å². The zero-order valence-electron chi connectivity index (χ0n) is 13.6.